The number of esters is 1. The fourth-order valence-corrected chi connectivity index (χ4v) is 1.39. The van der Waals surface area contributed by atoms with E-state index in [4.69, 9.17) is 4.74 Å². The van der Waals surface area contributed by atoms with Gasteiger partial charge in [-0.15, -0.1) is 0 Å². The van der Waals surface area contributed by atoms with E-state index in [0.717, 1.165) is 12.1 Å². The largest absolute Gasteiger partial charge is 0.469 e. The molecule has 1 aromatic rings. The van der Waals surface area contributed by atoms with Crippen molar-refractivity contribution >= 4 is 5.97 Å². The highest BCUT2D eigenvalue weighted by Crippen LogP contribution is 2.11. The SMILES string of the molecule is CCC(Cc1cn(C)cn1)C(=O)OC. The molecule has 0 fully saturated rings. The summed E-state index contributed by atoms with van der Waals surface area (Å²) in [6.07, 6.45) is 5.10. The highest BCUT2D eigenvalue weighted by Gasteiger charge is 2.18. The van der Waals surface area contributed by atoms with Gasteiger partial charge in [0.2, 0.25) is 0 Å². The lowest BCUT2D eigenvalue weighted by molar-refractivity contribution is -0.145. The van der Waals surface area contributed by atoms with Gasteiger partial charge in [0.1, 0.15) is 0 Å². The van der Waals surface area contributed by atoms with E-state index in [9.17, 15) is 4.79 Å². The van der Waals surface area contributed by atoms with Crippen molar-refractivity contribution in [3.05, 3.63) is 18.2 Å². The van der Waals surface area contributed by atoms with Gasteiger partial charge in [0.05, 0.1) is 25.0 Å². The topological polar surface area (TPSA) is 44.1 Å². The average Bonchev–Trinajstić information content (AvgIpc) is 2.59. The van der Waals surface area contributed by atoms with Crippen LogP contribution in [0.1, 0.15) is 19.0 Å². The van der Waals surface area contributed by atoms with Crippen molar-refractivity contribution in [3.8, 4) is 0 Å². The number of aromatic nitrogens is 2. The molecule has 14 heavy (non-hydrogen) atoms. The minimum absolute atomic E-state index is 0.0742. The van der Waals surface area contributed by atoms with E-state index in [-0.39, 0.29) is 11.9 Å². The summed E-state index contributed by atoms with van der Waals surface area (Å²) in [5, 5.41) is 0. The summed E-state index contributed by atoms with van der Waals surface area (Å²) in [7, 11) is 3.33. The number of aryl methyl sites for hydroxylation is 1. The third-order valence-corrected chi connectivity index (χ3v) is 2.24. The number of rotatable bonds is 4. The molecule has 78 valence electrons. The summed E-state index contributed by atoms with van der Waals surface area (Å²) in [6.45, 7) is 1.98. The summed E-state index contributed by atoms with van der Waals surface area (Å²) >= 11 is 0. The van der Waals surface area contributed by atoms with Crippen LogP contribution in [0.3, 0.4) is 0 Å². The van der Waals surface area contributed by atoms with Crippen LogP contribution in [0, 0.1) is 5.92 Å². The van der Waals surface area contributed by atoms with Crippen molar-refractivity contribution in [2.75, 3.05) is 7.11 Å². The summed E-state index contributed by atoms with van der Waals surface area (Å²) in [6, 6.07) is 0. The second-order valence-electron chi connectivity index (χ2n) is 3.36. The zero-order chi connectivity index (χ0) is 10.6. The van der Waals surface area contributed by atoms with Crippen LogP contribution in [0.2, 0.25) is 0 Å². The Bertz CT molecular complexity index is 307. The van der Waals surface area contributed by atoms with E-state index < -0.39 is 0 Å². The Hall–Kier alpha value is -1.32. The monoisotopic (exact) mass is 196 g/mol. The molecule has 0 aromatic carbocycles. The van der Waals surface area contributed by atoms with Gasteiger partial charge in [-0.3, -0.25) is 4.79 Å². The van der Waals surface area contributed by atoms with E-state index in [2.05, 4.69) is 4.98 Å². The van der Waals surface area contributed by atoms with Crippen molar-refractivity contribution in [3.63, 3.8) is 0 Å². The Morgan fingerprint density at radius 3 is 2.86 bits per heavy atom. The first-order valence-electron chi connectivity index (χ1n) is 4.72. The van der Waals surface area contributed by atoms with Gasteiger partial charge in [0, 0.05) is 19.7 Å². The second-order valence-corrected chi connectivity index (χ2v) is 3.36. The molecular formula is C10H16N2O2. The Kier molecular flexibility index (Phi) is 3.68. The molecule has 0 spiro atoms. The lowest BCUT2D eigenvalue weighted by Crippen LogP contribution is -2.17. The lowest BCUT2D eigenvalue weighted by atomic mass is 10.0. The number of nitrogens with zero attached hydrogens (tertiary/aromatic N) is 2. The average molecular weight is 196 g/mol. The number of carbonyl (C=O) groups is 1. The number of carbonyl (C=O) groups excluding carboxylic acids is 1. The summed E-state index contributed by atoms with van der Waals surface area (Å²) in [4.78, 5) is 15.5. The molecule has 0 N–H and O–H groups in total. The molecule has 0 saturated heterocycles. The predicted octanol–water partition coefficient (Wildman–Crippen LogP) is 1.16. The van der Waals surface area contributed by atoms with Crippen molar-refractivity contribution in [1.82, 2.24) is 9.55 Å². The van der Waals surface area contributed by atoms with Crippen molar-refractivity contribution < 1.29 is 9.53 Å². The smallest absolute Gasteiger partial charge is 0.309 e. The van der Waals surface area contributed by atoms with Gasteiger partial charge < -0.3 is 9.30 Å². The maximum absolute atomic E-state index is 11.3. The molecular weight excluding hydrogens is 180 g/mol. The third kappa shape index (κ3) is 2.58. The number of ether oxygens (including phenoxy) is 1. The lowest BCUT2D eigenvalue weighted by Gasteiger charge is -2.09. The Morgan fingerprint density at radius 2 is 2.43 bits per heavy atom. The van der Waals surface area contributed by atoms with E-state index in [1.54, 1.807) is 6.33 Å². The maximum atomic E-state index is 11.3. The molecule has 0 radical (unpaired) electrons. The molecule has 0 amide bonds. The van der Waals surface area contributed by atoms with E-state index in [1.165, 1.54) is 7.11 Å². The first kappa shape index (κ1) is 10.8. The molecule has 4 nitrogen and oxygen atoms in total. The molecule has 1 atom stereocenters. The molecule has 1 heterocycles. The van der Waals surface area contributed by atoms with Crippen LogP contribution in [0.4, 0.5) is 0 Å². The minimum atomic E-state index is -0.154. The fraction of sp³-hybridized carbons (Fsp3) is 0.600. The summed E-state index contributed by atoms with van der Waals surface area (Å²) in [5.41, 5.74) is 0.935. The normalized spacial score (nSPS) is 12.5. The summed E-state index contributed by atoms with van der Waals surface area (Å²) in [5.74, 6) is -0.229. The van der Waals surface area contributed by atoms with Crippen LogP contribution in [0.15, 0.2) is 12.5 Å². The molecule has 0 bridgehead atoms. The molecule has 0 aliphatic heterocycles. The minimum Gasteiger partial charge on any atom is -0.469 e. The molecule has 1 rings (SSSR count). The summed E-state index contributed by atoms with van der Waals surface area (Å²) < 4.78 is 6.58. The number of hydrogen-bond acceptors (Lipinski definition) is 3. The van der Waals surface area contributed by atoms with Crippen LogP contribution in [0.25, 0.3) is 0 Å². The van der Waals surface area contributed by atoms with Gasteiger partial charge in [-0.05, 0) is 6.42 Å². The molecule has 1 unspecified atom stereocenters. The Morgan fingerprint density at radius 1 is 1.71 bits per heavy atom. The van der Waals surface area contributed by atoms with Gasteiger partial charge in [0.25, 0.3) is 0 Å². The maximum Gasteiger partial charge on any atom is 0.309 e. The van der Waals surface area contributed by atoms with Crippen LogP contribution < -0.4 is 0 Å². The molecule has 0 aliphatic rings. The van der Waals surface area contributed by atoms with Gasteiger partial charge in [0.15, 0.2) is 0 Å². The number of imidazole rings is 1. The molecule has 1 aromatic heterocycles. The van der Waals surface area contributed by atoms with Gasteiger partial charge >= 0.3 is 5.97 Å². The van der Waals surface area contributed by atoms with Crippen molar-refractivity contribution in [1.29, 1.82) is 0 Å². The number of hydrogen-bond donors (Lipinski definition) is 0. The predicted molar refractivity (Wildman–Crippen MR) is 52.7 cm³/mol. The van der Waals surface area contributed by atoms with Crippen molar-refractivity contribution in [2.45, 2.75) is 19.8 Å². The first-order chi connectivity index (χ1) is 6.67. The van der Waals surface area contributed by atoms with Gasteiger partial charge in [-0.1, -0.05) is 6.92 Å². The van der Waals surface area contributed by atoms with Crippen LogP contribution in [-0.4, -0.2) is 22.6 Å². The van der Waals surface area contributed by atoms with Crippen molar-refractivity contribution in [2.24, 2.45) is 13.0 Å². The zero-order valence-corrected chi connectivity index (χ0v) is 8.86. The van der Waals surface area contributed by atoms with Gasteiger partial charge in [-0.25, -0.2) is 4.98 Å². The van der Waals surface area contributed by atoms with Crippen LogP contribution in [0.5, 0.6) is 0 Å². The molecule has 0 aliphatic carbocycles. The zero-order valence-electron chi connectivity index (χ0n) is 8.86. The highest BCUT2D eigenvalue weighted by molar-refractivity contribution is 5.72. The molecule has 0 saturated carbocycles. The quantitative estimate of drug-likeness (QED) is 0.679. The van der Waals surface area contributed by atoms with E-state index in [1.807, 2.05) is 24.7 Å². The van der Waals surface area contributed by atoms with Gasteiger partial charge in [-0.2, -0.15) is 0 Å². The Balaban J connectivity index is 2.61. The van der Waals surface area contributed by atoms with Crippen LogP contribution in [-0.2, 0) is 23.0 Å². The first-order valence-corrected chi connectivity index (χ1v) is 4.72. The standard InChI is InChI=1S/C10H16N2O2/c1-4-8(10(13)14-3)5-9-6-12(2)7-11-9/h6-8H,4-5H2,1-3H3. The van der Waals surface area contributed by atoms with E-state index in [0.29, 0.717) is 6.42 Å². The van der Waals surface area contributed by atoms with Crippen LogP contribution >= 0.6 is 0 Å². The fourth-order valence-electron chi connectivity index (χ4n) is 1.39. The Labute approximate surface area is 83.9 Å². The second kappa shape index (κ2) is 4.79. The number of methoxy groups -OCH3 is 1. The third-order valence-electron chi connectivity index (χ3n) is 2.24. The highest BCUT2D eigenvalue weighted by atomic mass is 16.5. The van der Waals surface area contributed by atoms with E-state index >= 15 is 0 Å². The molecule has 4 heteroatoms.